The molecule has 6 nitrogen and oxygen atoms in total. The van der Waals surface area contributed by atoms with Gasteiger partial charge in [-0.3, -0.25) is 14.4 Å². The summed E-state index contributed by atoms with van der Waals surface area (Å²) < 4.78 is 42.6. The van der Waals surface area contributed by atoms with Crippen molar-refractivity contribution in [1.82, 2.24) is 9.78 Å². The summed E-state index contributed by atoms with van der Waals surface area (Å²) in [6.45, 7) is 9.48. The maximum Gasteiger partial charge on any atom is 0.416 e. The average Bonchev–Trinajstić information content (AvgIpc) is 3.38. The van der Waals surface area contributed by atoms with Gasteiger partial charge >= 0.3 is 6.18 Å². The fourth-order valence-corrected chi connectivity index (χ4v) is 4.74. The number of fused-ring (bicyclic) bond motifs is 1. The van der Waals surface area contributed by atoms with E-state index in [0.717, 1.165) is 17.0 Å². The van der Waals surface area contributed by atoms with E-state index in [1.165, 1.54) is 17.0 Å². The number of hydrogen-bond acceptors (Lipinski definition) is 5. The van der Waals surface area contributed by atoms with Gasteiger partial charge in [-0.25, -0.2) is 0 Å². The molecule has 3 aromatic rings. The molecule has 1 amide bonds. The van der Waals surface area contributed by atoms with E-state index in [9.17, 15) is 18.0 Å². The Kier molecular flexibility index (Phi) is 11.0. The minimum Gasteiger partial charge on any atom is -0.304 e. The number of anilines is 2. The smallest absolute Gasteiger partial charge is 0.304 e. The lowest BCUT2D eigenvalue weighted by molar-refractivity contribution is -0.138. The van der Waals surface area contributed by atoms with Gasteiger partial charge in [-0.15, -0.1) is 9.80 Å². The normalized spacial score (nSPS) is 14.6. The monoisotopic (exact) mass is 675 g/mol. The lowest BCUT2D eigenvalue weighted by Crippen LogP contribution is -2.44. The number of carbonyl (C=O) groups is 1. The van der Waals surface area contributed by atoms with Gasteiger partial charge < -0.3 is 4.90 Å². The first-order valence-electron chi connectivity index (χ1n) is 11.9. The van der Waals surface area contributed by atoms with E-state index in [1.54, 1.807) is 48.7 Å². The fraction of sp³-hybridized carbons (Fsp3) is 0.385. The number of halogens is 4. The van der Waals surface area contributed by atoms with E-state index in [4.69, 9.17) is 17.5 Å². The standard InChI is InChI=1S/C24H22F3N5OS.C2H6.HIS/c1-4-15-6-7-17(13-19(15)24(25,26)27)31-21(33)23(2,3)32(22(31)34)18-8-9-20-16(12-18)14-30(29-20)11-5-10-28;2*1-2/h6-9,12-14H,4-5,11H2,1-3H3;1-2H3;2H. The van der Waals surface area contributed by atoms with E-state index in [-0.39, 0.29) is 22.8 Å². The molecule has 0 saturated carbocycles. The molecule has 38 heavy (non-hydrogen) atoms. The predicted octanol–water partition coefficient (Wildman–Crippen LogP) is 7.74. The third-order valence-electron chi connectivity index (χ3n) is 5.95. The highest BCUT2D eigenvalue weighted by molar-refractivity contribution is 14.2. The molecule has 0 spiro atoms. The van der Waals surface area contributed by atoms with Crippen LogP contribution in [0.15, 0.2) is 42.6 Å². The van der Waals surface area contributed by atoms with Gasteiger partial charge in [0.1, 0.15) is 5.54 Å². The predicted molar refractivity (Wildman–Crippen MR) is 162 cm³/mol. The second-order valence-corrected chi connectivity index (χ2v) is 8.92. The van der Waals surface area contributed by atoms with E-state index in [0.29, 0.717) is 18.7 Å². The highest BCUT2D eigenvalue weighted by Gasteiger charge is 2.50. The molecular weight excluding hydrogens is 646 g/mol. The van der Waals surface area contributed by atoms with Crippen LogP contribution in [0.2, 0.25) is 0 Å². The van der Waals surface area contributed by atoms with Crippen molar-refractivity contribution in [3.8, 4) is 6.07 Å². The Morgan fingerprint density at radius 1 is 1.13 bits per heavy atom. The topological polar surface area (TPSA) is 65.2 Å². The summed E-state index contributed by atoms with van der Waals surface area (Å²) in [5.41, 5.74) is -0.310. The van der Waals surface area contributed by atoms with Gasteiger partial charge in [0.2, 0.25) is 0 Å². The van der Waals surface area contributed by atoms with Crippen LogP contribution in [0.3, 0.4) is 0 Å². The molecule has 2 heterocycles. The number of nitriles is 1. The van der Waals surface area contributed by atoms with Gasteiger partial charge in [-0.1, -0.05) is 26.8 Å². The van der Waals surface area contributed by atoms with Crippen molar-refractivity contribution in [2.24, 2.45) is 0 Å². The van der Waals surface area contributed by atoms with Gasteiger partial charge in [0.15, 0.2) is 5.11 Å². The molecule has 0 bridgehead atoms. The second-order valence-electron chi connectivity index (χ2n) is 8.55. The molecule has 0 unspecified atom stereocenters. The molecule has 12 heteroatoms. The van der Waals surface area contributed by atoms with E-state index >= 15 is 0 Å². The molecule has 2 aromatic carbocycles. The highest BCUT2D eigenvalue weighted by Crippen LogP contribution is 2.40. The van der Waals surface area contributed by atoms with Gasteiger partial charge in [-0.2, -0.15) is 23.5 Å². The quantitative estimate of drug-likeness (QED) is 0.170. The summed E-state index contributed by atoms with van der Waals surface area (Å²) in [6.07, 6.45) is -2.20. The molecule has 0 atom stereocenters. The van der Waals surface area contributed by atoms with Crippen LogP contribution in [0.5, 0.6) is 0 Å². The Balaban J connectivity index is 0.00000121. The molecule has 1 saturated heterocycles. The van der Waals surface area contributed by atoms with Crippen molar-refractivity contribution in [3.63, 3.8) is 0 Å². The first-order chi connectivity index (χ1) is 18.0. The zero-order chi connectivity index (χ0) is 28.8. The molecule has 4 rings (SSSR count). The minimum atomic E-state index is -4.54. The third kappa shape index (κ3) is 6.26. The average molecular weight is 676 g/mol. The number of amides is 1. The summed E-state index contributed by atoms with van der Waals surface area (Å²) in [7, 11) is 3.50. The number of alkyl halides is 3. The number of rotatable bonds is 5. The number of aromatic nitrogens is 2. The molecule has 1 aliphatic rings. The molecule has 0 N–H and O–H groups in total. The third-order valence-corrected chi connectivity index (χ3v) is 6.32. The van der Waals surface area contributed by atoms with Crippen molar-refractivity contribution in [3.05, 3.63) is 53.7 Å². The number of carbonyl (C=O) groups excluding carboxylic acids is 1. The van der Waals surface area contributed by atoms with Crippen LogP contribution in [-0.2, 0) is 23.9 Å². The van der Waals surface area contributed by atoms with Gasteiger partial charge in [-0.05, 0) is 89.6 Å². The summed E-state index contributed by atoms with van der Waals surface area (Å²) in [5, 5.41) is 14.1. The lowest BCUT2D eigenvalue weighted by Gasteiger charge is -2.29. The van der Waals surface area contributed by atoms with Crippen LogP contribution < -0.4 is 9.80 Å². The van der Waals surface area contributed by atoms with Gasteiger partial charge in [0, 0.05) is 17.3 Å². The zero-order valence-corrected chi connectivity index (χ0v) is 25.5. The van der Waals surface area contributed by atoms with Crippen molar-refractivity contribution in [2.45, 2.75) is 65.7 Å². The number of thiol groups is 1. The Morgan fingerprint density at radius 2 is 1.76 bits per heavy atom. The van der Waals surface area contributed by atoms with Crippen LogP contribution in [0, 0.1) is 11.3 Å². The second kappa shape index (κ2) is 13.1. The lowest BCUT2D eigenvalue weighted by atomic mass is 10.0. The molecule has 1 aromatic heterocycles. The van der Waals surface area contributed by atoms with Crippen molar-refractivity contribution >= 4 is 76.5 Å². The van der Waals surface area contributed by atoms with Crippen molar-refractivity contribution < 1.29 is 18.0 Å². The van der Waals surface area contributed by atoms with Crippen LogP contribution in [0.1, 0.15) is 52.2 Å². The molecular formula is C26H29F3IN5OS2. The maximum absolute atomic E-state index is 13.6. The number of hydrogen-bond donors (Lipinski definition) is 1. The maximum atomic E-state index is 13.6. The molecule has 1 aliphatic heterocycles. The first kappa shape index (κ1) is 31.8. The van der Waals surface area contributed by atoms with Crippen LogP contribution >= 0.6 is 43.2 Å². The number of thiocarbonyl (C=S) groups is 1. The van der Waals surface area contributed by atoms with E-state index in [1.807, 2.05) is 41.1 Å². The van der Waals surface area contributed by atoms with Crippen LogP contribution in [0.25, 0.3) is 10.9 Å². The molecule has 0 aliphatic carbocycles. The summed E-state index contributed by atoms with van der Waals surface area (Å²) >= 11 is 7.47. The Labute approximate surface area is 243 Å². The summed E-state index contributed by atoms with van der Waals surface area (Å²) in [5.74, 6) is -0.417. The largest absolute Gasteiger partial charge is 0.416 e. The van der Waals surface area contributed by atoms with Crippen LogP contribution in [0.4, 0.5) is 24.5 Å². The van der Waals surface area contributed by atoms with Crippen LogP contribution in [-0.4, -0.2) is 26.3 Å². The SMILES string of the molecule is CC.CCc1ccc(N2C(=O)C(C)(C)N(c3ccc4nn(CCC#N)cc4c3)C2=S)cc1C(F)(F)F.SI. The van der Waals surface area contributed by atoms with Crippen molar-refractivity contribution in [1.29, 1.82) is 5.26 Å². The molecule has 204 valence electrons. The highest BCUT2D eigenvalue weighted by atomic mass is 127. The number of nitrogens with zero attached hydrogens (tertiary/aromatic N) is 5. The van der Waals surface area contributed by atoms with Crippen molar-refractivity contribution in [2.75, 3.05) is 9.80 Å². The fourth-order valence-electron chi connectivity index (χ4n) is 4.21. The first-order valence-corrected chi connectivity index (χ1v) is 15.5. The summed E-state index contributed by atoms with van der Waals surface area (Å²) in [6, 6.07) is 11.4. The Hall–Kier alpha value is -2.37. The summed E-state index contributed by atoms with van der Waals surface area (Å²) in [4.78, 5) is 16.2. The molecule has 1 fully saturated rings. The minimum absolute atomic E-state index is 0.0838. The van der Waals surface area contributed by atoms with Gasteiger partial charge in [0.25, 0.3) is 5.91 Å². The van der Waals surface area contributed by atoms with Gasteiger partial charge in [0.05, 0.1) is 35.8 Å². The number of aryl methyl sites for hydroxylation is 2. The Bertz CT molecular complexity index is 1350. The Morgan fingerprint density at radius 3 is 2.34 bits per heavy atom. The zero-order valence-electron chi connectivity index (χ0n) is 21.7. The molecule has 0 radical (unpaired) electrons. The van der Waals surface area contributed by atoms with E-state index < -0.39 is 23.2 Å². The van der Waals surface area contributed by atoms with E-state index in [2.05, 4.69) is 21.0 Å². The number of benzene rings is 2.